The second-order valence-electron chi connectivity index (χ2n) is 13.0. The second-order valence-corrected chi connectivity index (χ2v) is 14.2. The van der Waals surface area contributed by atoms with Gasteiger partial charge in [0.05, 0.1) is 18.4 Å². The Bertz CT molecular complexity index is 1800. The number of hydrogen-bond acceptors (Lipinski definition) is 6. The van der Waals surface area contributed by atoms with Crippen molar-refractivity contribution >= 4 is 52.5 Å². The van der Waals surface area contributed by atoms with Gasteiger partial charge in [-0.15, -0.1) is 23.2 Å². The van der Waals surface area contributed by atoms with Crippen LogP contribution in [-0.4, -0.2) is 55.5 Å². The summed E-state index contributed by atoms with van der Waals surface area (Å²) in [6.07, 6.45) is 0.906. The molecule has 4 aliphatic rings. The van der Waals surface area contributed by atoms with Gasteiger partial charge in [0.25, 0.3) is 11.8 Å². The number of amides is 4. The van der Waals surface area contributed by atoms with E-state index in [0.717, 1.165) is 4.90 Å². The SMILES string of the molecule is CCOc1cccc(C2C3=CCC4C(=O)N(C(C)(C)C)C(=O)C4C3CC3(Cl)C(=O)N(c4c(F)c(F)c(F)c(F)c4F)C(=O)C23Cl)c1O. The van der Waals surface area contributed by atoms with Gasteiger partial charge < -0.3 is 9.84 Å². The first-order chi connectivity index (χ1) is 21.9. The molecule has 3 fully saturated rings. The lowest BCUT2D eigenvalue weighted by Crippen LogP contribution is -2.60. The number of carbonyl (C=O) groups is 4. The van der Waals surface area contributed by atoms with Crippen LogP contribution in [0.2, 0.25) is 0 Å². The number of alkyl halides is 2. The molecule has 0 radical (unpaired) electrons. The number of carbonyl (C=O) groups excluding carboxylic acids is 4. The highest BCUT2D eigenvalue weighted by atomic mass is 35.5. The van der Waals surface area contributed by atoms with Crippen LogP contribution >= 0.6 is 23.2 Å². The number of phenols is 1. The predicted molar refractivity (Wildman–Crippen MR) is 157 cm³/mol. The Kier molecular flexibility index (Phi) is 7.52. The third kappa shape index (κ3) is 4.17. The first kappa shape index (κ1) is 33.2. The minimum atomic E-state index is -2.75. The zero-order chi connectivity index (χ0) is 34.7. The summed E-state index contributed by atoms with van der Waals surface area (Å²) < 4.78 is 78.6. The maximum absolute atomic E-state index is 15.2. The van der Waals surface area contributed by atoms with Crippen molar-refractivity contribution in [2.75, 3.05) is 11.5 Å². The van der Waals surface area contributed by atoms with Gasteiger partial charge in [-0.25, -0.2) is 26.9 Å². The normalized spacial score (nSPS) is 30.4. The van der Waals surface area contributed by atoms with E-state index < -0.39 is 110 Å². The number of ether oxygens (including phenoxy) is 1. The van der Waals surface area contributed by atoms with Crippen molar-refractivity contribution in [2.45, 2.75) is 61.7 Å². The van der Waals surface area contributed by atoms with Crippen LogP contribution in [0.5, 0.6) is 11.5 Å². The Morgan fingerprint density at radius 1 is 0.915 bits per heavy atom. The first-order valence-electron chi connectivity index (χ1n) is 14.7. The zero-order valence-corrected chi connectivity index (χ0v) is 26.8. The summed E-state index contributed by atoms with van der Waals surface area (Å²) in [6.45, 7) is 6.69. The fraction of sp³-hybridized carbons (Fsp3) is 0.438. The van der Waals surface area contributed by atoms with Crippen molar-refractivity contribution in [2.24, 2.45) is 17.8 Å². The van der Waals surface area contributed by atoms with Gasteiger partial charge in [-0.05, 0) is 52.5 Å². The van der Waals surface area contributed by atoms with Gasteiger partial charge in [-0.2, -0.15) is 0 Å². The molecule has 15 heteroatoms. The van der Waals surface area contributed by atoms with E-state index in [0.29, 0.717) is 0 Å². The summed E-state index contributed by atoms with van der Waals surface area (Å²) in [6, 6.07) is 4.16. The standard InChI is InChI=1S/C32H27Cl2F5N2O6/c1-5-47-16-8-6-7-14(25(16)42)18-12-9-10-13-17(27(44)41(26(13)43)30(2,3)4)15(12)11-31(33)28(45)40(29(46)32(18,31)34)24-22(38)20(36)19(35)21(37)23(24)39/h6-9,13,15,17-18,42H,5,10-11H2,1-4H3. The molecule has 47 heavy (non-hydrogen) atoms. The average Bonchev–Trinajstić information content (AvgIpc) is 3.35. The monoisotopic (exact) mass is 700 g/mol. The molecule has 0 spiro atoms. The van der Waals surface area contributed by atoms with Crippen LogP contribution in [0.15, 0.2) is 29.8 Å². The van der Waals surface area contributed by atoms with Crippen molar-refractivity contribution in [3.05, 3.63) is 64.5 Å². The highest BCUT2D eigenvalue weighted by molar-refractivity contribution is 6.58. The molecule has 250 valence electrons. The Morgan fingerprint density at radius 3 is 2.09 bits per heavy atom. The van der Waals surface area contributed by atoms with E-state index in [-0.39, 0.29) is 34.8 Å². The summed E-state index contributed by atoms with van der Waals surface area (Å²) in [7, 11) is 0. The van der Waals surface area contributed by atoms with E-state index in [1.807, 2.05) is 0 Å². The van der Waals surface area contributed by atoms with E-state index in [9.17, 15) is 37.5 Å². The van der Waals surface area contributed by atoms with Gasteiger partial charge >= 0.3 is 0 Å². The molecule has 6 rings (SSSR count). The molecule has 2 aromatic carbocycles. The molecule has 0 bridgehead atoms. The Morgan fingerprint density at radius 2 is 1.51 bits per heavy atom. The topological polar surface area (TPSA) is 104 Å². The minimum Gasteiger partial charge on any atom is -0.504 e. The lowest BCUT2D eigenvalue weighted by molar-refractivity contribution is -0.145. The smallest absolute Gasteiger partial charge is 0.258 e. The van der Waals surface area contributed by atoms with Crippen molar-refractivity contribution < 1.29 is 51.0 Å². The van der Waals surface area contributed by atoms with Gasteiger partial charge in [-0.1, -0.05) is 23.8 Å². The van der Waals surface area contributed by atoms with E-state index in [1.54, 1.807) is 33.8 Å². The van der Waals surface area contributed by atoms with E-state index in [4.69, 9.17) is 27.9 Å². The van der Waals surface area contributed by atoms with E-state index in [1.165, 1.54) is 18.2 Å². The molecule has 6 atom stereocenters. The lowest BCUT2D eigenvalue weighted by atomic mass is 9.56. The van der Waals surface area contributed by atoms with Crippen molar-refractivity contribution in [1.29, 1.82) is 0 Å². The highest BCUT2D eigenvalue weighted by Gasteiger charge is 2.77. The number of allylic oxidation sites excluding steroid dienone is 2. The van der Waals surface area contributed by atoms with Crippen LogP contribution in [0, 0.1) is 46.8 Å². The second kappa shape index (κ2) is 10.6. The summed E-state index contributed by atoms with van der Waals surface area (Å²) in [4.78, 5) is 51.4. The molecule has 6 unspecified atom stereocenters. The number of anilines is 1. The van der Waals surface area contributed by atoms with Crippen LogP contribution < -0.4 is 9.64 Å². The molecular weight excluding hydrogens is 674 g/mol. The van der Waals surface area contributed by atoms with Crippen LogP contribution in [0.25, 0.3) is 0 Å². The number of likely N-dealkylation sites (tertiary alicyclic amines) is 1. The Hall–Kier alpha value is -3.71. The number of rotatable bonds is 4. The molecule has 2 aliphatic heterocycles. The van der Waals surface area contributed by atoms with Gasteiger partial charge in [0.15, 0.2) is 44.5 Å². The molecular formula is C32H27Cl2F5N2O6. The number of phenolic OH excluding ortho intramolecular Hbond substituents is 1. The van der Waals surface area contributed by atoms with Crippen LogP contribution in [-0.2, 0) is 19.2 Å². The Balaban J connectivity index is 1.62. The molecule has 1 saturated carbocycles. The number of aromatic hydroxyl groups is 1. The Labute approximate surface area is 275 Å². The number of imide groups is 2. The average molecular weight is 701 g/mol. The molecule has 4 amide bonds. The fourth-order valence-electron chi connectivity index (χ4n) is 7.62. The number of benzene rings is 2. The molecule has 8 nitrogen and oxygen atoms in total. The third-order valence-corrected chi connectivity index (χ3v) is 10.9. The first-order valence-corrected chi connectivity index (χ1v) is 15.4. The molecule has 2 saturated heterocycles. The van der Waals surface area contributed by atoms with E-state index >= 15 is 8.78 Å². The van der Waals surface area contributed by atoms with Gasteiger partial charge in [-0.3, -0.25) is 24.1 Å². The van der Waals surface area contributed by atoms with Gasteiger partial charge in [0, 0.05) is 17.0 Å². The number of fused-ring (bicyclic) bond motifs is 4. The summed E-state index contributed by atoms with van der Waals surface area (Å²) in [5, 5.41) is 11.4. The summed E-state index contributed by atoms with van der Waals surface area (Å²) >= 11 is 14.2. The van der Waals surface area contributed by atoms with Crippen molar-refractivity contribution in [3.8, 4) is 11.5 Å². The molecule has 2 aliphatic carbocycles. The largest absolute Gasteiger partial charge is 0.504 e. The molecule has 0 aromatic heterocycles. The zero-order valence-electron chi connectivity index (χ0n) is 25.3. The van der Waals surface area contributed by atoms with Gasteiger partial charge in [0.1, 0.15) is 5.69 Å². The summed E-state index contributed by atoms with van der Waals surface area (Å²) in [5.41, 5.74) is -2.73. The lowest BCUT2D eigenvalue weighted by Gasteiger charge is -2.50. The van der Waals surface area contributed by atoms with Crippen LogP contribution in [0.1, 0.15) is 52.0 Å². The van der Waals surface area contributed by atoms with Crippen LogP contribution in [0.3, 0.4) is 0 Å². The number of para-hydroxylation sites is 1. The third-order valence-electron chi connectivity index (χ3n) is 9.53. The predicted octanol–water partition coefficient (Wildman–Crippen LogP) is 5.85. The van der Waals surface area contributed by atoms with Crippen molar-refractivity contribution in [3.63, 3.8) is 0 Å². The minimum absolute atomic E-state index is 0.0121. The number of nitrogens with zero attached hydrogens (tertiary/aromatic N) is 2. The molecule has 2 heterocycles. The quantitative estimate of drug-likeness (QED) is 0.107. The molecule has 2 aromatic rings. The maximum atomic E-state index is 15.2. The van der Waals surface area contributed by atoms with Crippen molar-refractivity contribution in [1.82, 2.24) is 4.90 Å². The highest BCUT2D eigenvalue weighted by Crippen LogP contribution is 2.67. The number of halogens is 7. The van der Waals surface area contributed by atoms with E-state index in [2.05, 4.69) is 0 Å². The maximum Gasteiger partial charge on any atom is 0.258 e. The fourth-order valence-corrected chi connectivity index (χ4v) is 8.54. The van der Waals surface area contributed by atoms with Crippen LogP contribution in [0.4, 0.5) is 27.6 Å². The summed E-state index contributed by atoms with van der Waals surface area (Å²) in [5.74, 6) is -22.0. The molecule has 1 N–H and O–H groups in total. The van der Waals surface area contributed by atoms with Gasteiger partial charge in [0.2, 0.25) is 17.6 Å². The number of hydrogen-bond donors (Lipinski definition) is 1.